The van der Waals surface area contributed by atoms with E-state index < -0.39 is 0 Å². The van der Waals surface area contributed by atoms with Crippen molar-refractivity contribution in [2.75, 3.05) is 5.75 Å². The number of rotatable bonds is 3. The Hall–Kier alpha value is -0.160. The largest absolute Gasteiger partial charge is 0.197 e. The molecule has 4 fully saturated rings. The van der Waals surface area contributed by atoms with Crippen molar-refractivity contribution in [3.05, 3.63) is 0 Å². The van der Waals surface area contributed by atoms with Crippen molar-refractivity contribution in [1.29, 1.82) is 5.26 Å². The summed E-state index contributed by atoms with van der Waals surface area (Å²) in [5.41, 5.74) is 0. The smallest absolute Gasteiger partial charge is 0.103 e. The minimum Gasteiger partial charge on any atom is -0.197 e. The van der Waals surface area contributed by atoms with Crippen molar-refractivity contribution < 1.29 is 0 Å². The van der Waals surface area contributed by atoms with Crippen LogP contribution in [0.5, 0.6) is 0 Å². The molecule has 4 rings (SSSR count). The van der Waals surface area contributed by atoms with Gasteiger partial charge < -0.3 is 0 Å². The molecule has 1 atom stereocenters. The first kappa shape index (κ1) is 11.9. The Labute approximate surface area is 109 Å². The van der Waals surface area contributed by atoms with Gasteiger partial charge in [-0.2, -0.15) is 5.26 Å². The highest BCUT2D eigenvalue weighted by molar-refractivity contribution is 8.00. The molecule has 94 valence electrons. The fourth-order valence-corrected chi connectivity index (χ4v) is 6.57. The predicted octanol–water partition coefficient (Wildman–Crippen LogP) is 4.09. The van der Waals surface area contributed by atoms with E-state index in [0.29, 0.717) is 5.92 Å². The van der Waals surface area contributed by atoms with Gasteiger partial charge in [-0.25, -0.2) is 0 Å². The molecule has 4 bridgehead atoms. The lowest BCUT2D eigenvalue weighted by atomic mass is 9.50. The van der Waals surface area contributed by atoms with Gasteiger partial charge in [-0.1, -0.05) is 6.92 Å². The average molecular weight is 249 g/mol. The van der Waals surface area contributed by atoms with E-state index in [-0.39, 0.29) is 4.75 Å². The number of thioether (sulfide) groups is 1. The molecule has 2 heteroatoms. The third-order valence-corrected chi connectivity index (χ3v) is 6.78. The van der Waals surface area contributed by atoms with Crippen LogP contribution < -0.4 is 0 Å². The Morgan fingerprint density at radius 1 is 1.12 bits per heavy atom. The molecule has 0 radical (unpaired) electrons. The molecular weight excluding hydrogens is 226 g/mol. The van der Waals surface area contributed by atoms with E-state index in [9.17, 15) is 5.26 Å². The standard InChI is InChI=1S/C15H23NS/c1-3-17-15(2,9-16)14-12-5-10-4-11(7-12)8-13(14)6-10/h10-14H,3-8H2,1-2H3. The summed E-state index contributed by atoms with van der Waals surface area (Å²) in [4.78, 5) is 0. The molecule has 4 aliphatic carbocycles. The quantitative estimate of drug-likeness (QED) is 0.752. The van der Waals surface area contributed by atoms with E-state index in [0.717, 1.165) is 29.4 Å². The van der Waals surface area contributed by atoms with Gasteiger partial charge in [0.05, 0.1) is 6.07 Å². The van der Waals surface area contributed by atoms with Crippen LogP contribution in [0.15, 0.2) is 0 Å². The Kier molecular flexibility index (Phi) is 2.94. The molecule has 1 nitrogen and oxygen atoms in total. The molecule has 1 unspecified atom stereocenters. The van der Waals surface area contributed by atoms with Crippen LogP contribution in [-0.4, -0.2) is 10.5 Å². The van der Waals surface area contributed by atoms with Gasteiger partial charge in [0.1, 0.15) is 4.75 Å². The van der Waals surface area contributed by atoms with Gasteiger partial charge in [0.2, 0.25) is 0 Å². The maximum Gasteiger partial charge on any atom is 0.103 e. The summed E-state index contributed by atoms with van der Waals surface area (Å²) in [5.74, 6) is 5.54. The van der Waals surface area contributed by atoms with Crippen molar-refractivity contribution in [3.63, 3.8) is 0 Å². The van der Waals surface area contributed by atoms with Gasteiger partial charge in [-0.15, -0.1) is 11.8 Å². The minimum absolute atomic E-state index is 0.114. The zero-order valence-electron chi connectivity index (χ0n) is 11.0. The number of hydrogen-bond acceptors (Lipinski definition) is 2. The van der Waals surface area contributed by atoms with E-state index in [1.165, 1.54) is 32.1 Å². The molecule has 4 aliphatic rings. The molecule has 0 N–H and O–H groups in total. The summed E-state index contributed by atoms with van der Waals surface area (Å²) in [6.07, 6.45) is 7.22. The Morgan fingerprint density at radius 2 is 1.65 bits per heavy atom. The second-order valence-electron chi connectivity index (χ2n) is 6.61. The monoisotopic (exact) mass is 249 g/mol. The zero-order chi connectivity index (χ0) is 12.0. The van der Waals surface area contributed by atoms with Gasteiger partial charge in [-0.3, -0.25) is 0 Å². The summed E-state index contributed by atoms with van der Waals surface area (Å²) >= 11 is 1.90. The molecule has 17 heavy (non-hydrogen) atoms. The second kappa shape index (κ2) is 4.19. The SMILES string of the molecule is CCSC(C)(C#N)C1C2CC3CC(C2)CC1C3. The third-order valence-electron chi connectivity index (χ3n) is 5.53. The second-order valence-corrected chi connectivity index (χ2v) is 8.32. The molecule has 0 spiro atoms. The summed E-state index contributed by atoms with van der Waals surface area (Å²) in [6.45, 7) is 4.41. The highest BCUT2D eigenvalue weighted by Gasteiger charge is 2.54. The number of nitriles is 1. The third kappa shape index (κ3) is 1.82. The molecule has 0 heterocycles. The van der Waals surface area contributed by atoms with Crippen LogP contribution >= 0.6 is 11.8 Å². The molecule has 0 saturated heterocycles. The van der Waals surface area contributed by atoms with Crippen LogP contribution in [0.1, 0.15) is 46.0 Å². The maximum absolute atomic E-state index is 9.63. The zero-order valence-corrected chi connectivity index (χ0v) is 11.8. The summed E-state index contributed by atoms with van der Waals surface area (Å²) in [6, 6.07) is 2.67. The molecular formula is C15H23NS. The normalized spacial score (nSPS) is 46.5. The Balaban J connectivity index is 1.86. The first-order valence-corrected chi connectivity index (χ1v) is 8.20. The number of hydrogen-bond donors (Lipinski definition) is 0. The highest BCUT2D eigenvalue weighted by Crippen LogP contribution is 2.60. The van der Waals surface area contributed by atoms with E-state index >= 15 is 0 Å². The highest BCUT2D eigenvalue weighted by atomic mass is 32.2. The average Bonchev–Trinajstić information content (AvgIpc) is 2.27. The van der Waals surface area contributed by atoms with Gasteiger partial charge in [-0.05, 0) is 74.4 Å². The van der Waals surface area contributed by atoms with Crippen LogP contribution in [-0.2, 0) is 0 Å². The van der Waals surface area contributed by atoms with E-state index in [1.54, 1.807) is 0 Å². The lowest BCUT2D eigenvalue weighted by Crippen LogP contribution is -2.52. The number of nitrogens with zero attached hydrogens (tertiary/aromatic N) is 1. The van der Waals surface area contributed by atoms with Crippen molar-refractivity contribution in [1.82, 2.24) is 0 Å². The van der Waals surface area contributed by atoms with Gasteiger partial charge in [0.15, 0.2) is 0 Å². The van der Waals surface area contributed by atoms with Crippen LogP contribution in [0.25, 0.3) is 0 Å². The van der Waals surface area contributed by atoms with Gasteiger partial charge in [0, 0.05) is 0 Å². The van der Waals surface area contributed by atoms with Crippen LogP contribution in [0, 0.1) is 40.9 Å². The molecule has 0 amide bonds. The van der Waals surface area contributed by atoms with E-state index in [4.69, 9.17) is 0 Å². The van der Waals surface area contributed by atoms with Crippen LogP contribution in [0.2, 0.25) is 0 Å². The van der Waals surface area contributed by atoms with Crippen LogP contribution in [0.4, 0.5) is 0 Å². The van der Waals surface area contributed by atoms with E-state index in [1.807, 2.05) is 11.8 Å². The van der Waals surface area contributed by atoms with Crippen molar-refractivity contribution in [3.8, 4) is 6.07 Å². The summed E-state index contributed by atoms with van der Waals surface area (Å²) in [7, 11) is 0. The van der Waals surface area contributed by atoms with E-state index in [2.05, 4.69) is 19.9 Å². The van der Waals surface area contributed by atoms with Crippen molar-refractivity contribution in [2.24, 2.45) is 29.6 Å². The molecule has 4 saturated carbocycles. The van der Waals surface area contributed by atoms with Gasteiger partial charge >= 0.3 is 0 Å². The lowest BCUT2D eigenvalue weighted by molar-refractivity contribution is -0.0432. The predicted molar refractivity (Wildman–Crippen MR) is 72.7 cm³/mol. The van der Waals surface area contributed by atoms with Crippen molar-refractivity contribution in [2.45, 2.75) is 50.7 Å². The fraction of sp³-hybridized carbons (Fsp3) is 0.933. The van der Waals surface area contributed by atoms with Gasteiger partial charge in [0.25, 0.3) is 0 Å². The molecule has 0 aromatic heterocycles. The Morgan fingerprint density at radius 3 is 2.06 bits per heavy atom. The summed E-state index contributed by atoms with van der Waals surface area (Å²) < 4.78 is -0.114. The summed E-state index contributed by atoms with van der Waals surface area (Å²) in [5, 5.41) is 9.63. The topological polar surface area (TPSA) is 23.8 Å². The Bertz CT molecular complexity index is 317. The maximum atomic E-state index is 9.63. The van der Waals surface area contributed by atoms with Crippen LogP contribution in [0.3, 0.4) is 0 Å². The molecule has 0 aromatic carbocycles. The lowest BCUT2D eigenvalue weighted by Gasteiger charge is -2.57. The molecule has 0 aliphatic heterocycles. The fourth-order valence-electron chi connectivity index (χ4n) is 5.33. The first-order chi connectivity index (χ1) is 8.16. The minimum atomic E-state index is -0.114. The molecule has 0 aromatic rings. The first-order valence-electron chi connectivity index (χ1n) is 7.21. The van der Waals surface area contributed by atoms with Crippen molar-refractivity contribution >= 4 is 11.8 Å².